The van der Waals surface area contributed by atoms with E-state index in [0.29, 0.717) is 11.1 Å². The Balaban J connectivity index is 1.39. The number of hydrogen-bond acceptors (Lipinski definition) is 4. The summed E-state index contributed by atoms with van der Waals surface area (Å²) in [6.07, 6.45) is 0.890. The van der Waals surface area contributed by atoms with Crippen LogP contribution < -0.4 is 0 Å². The molecule has 5 rings (SSSR count). The molecule has 0 radical (unpaired) electrons. The van der Waals surface area contributed by atoms with E-state index in [1.807, 2.05) is 30.3 Å². The Morgan fingerprint density at radius 1 is 0.964 bits per heavy atom. The van der Waals surface area contributed by atoms with Crippen molar-refractivity contribution in [2.45, 2.75) is 13.0 Å². The highest BCUT2D eigenvalue weighted by atomic mass is 19.1. The lowest BCUT2D eigenvalue weighted by Crippen LogP contribution is -2.13. The number of aromatic nitrogens is 4. The van der Waals surface area contributed by atoms with Gasteiger partial charge < -0.3 is 0 Å². The van der Waals surface area contributed by atoms with Crippen molar-refractivity contribution < 1.29 is 9.18 Å². The zero-order valence-corrected chi connectivity index (χ0v) is 14.8. The molecule has 0 aliphatic heterocycles. The van der Waals surface area contributed by atoms with Crippen LogP contribution in [-0.4, -0.2) is 26.0 Å². The van der Waals surface area contributed by atoms with Gasteiger partial charge in [0.15, 0.2) is 5.78 Å². The zero-order valence-electron chi connectivity index (χ0n) is 14.8. The zero-order chi connectivity index (χ0) is 19.1. The molecule has 136 valence electrons. The lowest BCUT2D eigenvalue weighted by atomic mass is 10.0. The quantitative estimate of drug-likeness (QED) is 0.450. The molecule has 4 aromatic rings. The molecule has 0 spiro atoms. The number of benzene rings is 3. The molecule has 0 bridgehead atoms. The number of carbonyl (C=O) groups is 1. The largest absolute Gasteiger partial charge is 0.292 e. The molecule has 6 heteroatoms. The van der Waals surface area contributed by atoms with Gasteiger partial charge in [0.05, 0.1) is 0 Å². The summed E-state index contributed by atoms with van der Waals surface area (Å²) in [5.41, 5.74) is 5.92. The lowest BCUT2D eigenvalue weighted by molar-refractivity contribution is 0.0961. The van der Waals surface area contributed by atoms with Crippen molar-refractivity contribution in [2.75, 3.05) is 0 Å². The van der Waals surface area contributed by atoms with Gasteiger partial charge in [0.2, 0.25) is 5.82 Å². The third kappa shape index (κ3) is 2.89. The minimum atomic E-state index is -0.372. The average Bonchev–Trinajstić information content (AvgIpc) is 3.32. The fourth-order valence-electron chi connectivity index (χ4n) is 3.57. The predicted molar refractivity (Wildman–Crippen MR) is 102 cm³/mol. The number of carbonyl (C=O) groups excluding carboxylic acids is 1. The number of halogens is 1. The SMILES string of the molecule is O=C(Cn1nnc(-c2cccc(F)c2)n1)c1ccc2c(c1)-c1ccccc1C2. The standard InChI is InChI=1S/C22H15FN4O/c23-18-6-3-5-17(11-18)22-24-26-27(25-22)13-21(28)16-9-8-15-10-14-4-1-2-7-19(14)20(15)12-16/h1-9,11-12H,10,13H2. The second kappa shape index (κ2) is 6.49. The molecular formula is C22H15FN4O. The lowest BCUT2D eigenvalue weighted by Gasteiger charge is -2.05. The van der Waals surface area contributed by atoms with Gasteiger partial charge in [-0.25, -0.2) is 4.39 Å². The van der Waals surface area contributed by atoms with E-state index in [1.165, 1.54) is 33.6 Å². The molecule has 3 aromatic carbocycles. The smallest absolute Gasteiger partial charge is 0.205 e. The molecule has 5 nitrogen and oxygen atoms in total. The number of tetrazole rings is 1. The molecule has 28 heavy (non-hydrogen) atoms. The summed E-state index contributed by atoms with van der Waals surface area (Å²) in [5.74, 6) is -0.186. The Hall–Kier alpha value is -3.67. The van der Waals surface area contributed by atoms with Gasteiger partial charge >= 0.3 is 0 Å². The monoisotopic (exact) mass is 370 g/mol. The maximum atomic E-state index is 13.4. The molecular weight excluding hydrogens is 355 g/mol. The maximum Gasteiger partial charge on any atom is 0.205 e. The summed E-state index contributed by atoms with van der Waals surface area (Å²) < 4.78 is 13.4. The molecule has 0 fully saturated rings. The highest BCUT2D eigenvalue weighted by molar-refractivity contribution is 5.97. The summed E-state index contributed by atoms with van der Waals surface area (Å²) in [5, 5.41) is 12.1. The van der Waals surface area contributed by atoms with E-state index in [0.717, 1.165) is 12.0 Å². The topological polar surface area (TPSA) is 60.7 Å². The van der Waals surface area contributed by atoms with Crippen LogP contribution in [0.25, 0.3) is 22.5 Å². The number of fused-ring (bicyclic) bond motifs is 3. The van der Waals surface area contributed by atoms with Crippen molar-refractivity contribution >= 4 is 5.78 Å². The molecule has 1 aliphatic rings. The van der Waals surface area contributed by atoms with Gasteiger partial charge in [0.25, 0.3) is 0 Å². The Morgan fingerprint density at radius 2 is 1.82 bits per heavy atom. The molecule has 0 unspecified atom stereocenters. The van der Waals surface area contributed by atoms with E-state index in [9.17, 15) is 9.18 Å². The molecule has 1 heterocycles. The van der Waals surface area contributed by atoms with Gasteiger partial charge in [-0.05, 0) is 52.1 Å². The molecule has 0 amide bonds. The molecule has 1 aliphatic carbocycles. The van der Waals surface area contributed by atoms with E-state index < -0.39 is 0 Å². The van der Waals surface area contributed by atoms with Crippen LogP contribution in [0, 0.1) is 5.82 Å². The minimum absolute atomic E-state index is 0.0251. The first-order valence-electron chi connectivity index (χ1n) is 8.95. The van der Waals surface area contributed by atoms with Crippen LogP contribution >= 0.6 is 0 Å². The summed E-state index contributed by atoms with van der Waals surface area (Å²) in [7, 11) is 0. The molecule has 0 saturated heterocycles. The van der Waals surface area contributed by atoms with E-state index in [1.54, 1.807) is 12.1 Å². The number of Topliss-reactive ketones (excluding diaryl/α,β-unsaturated/α-hetero) is 1. The van der Waals surface area contributed by atoms with E-state index in [-0.39, 0.29) is 24.0 Å². The molecule has 0 N–H and O–H groups in total. The number of nitrogens with zero attached hydrogens (tertiary/aromatic N) is 4. The summed E-state index contributed by atoms with van der Waals surface area (Å²) >= 11 is 0. The van der Waals surface area contributed by atoms with Gasteiger partial charge in [0, 0.05) is 11.1 Å². The highest BCUT2D eigenvalue weighted by Gasteiger charge is 2.20. The second-order valence-corrected chi connectivity index (χ2v) is 6.78. The Labute approximate surface area is 160 Å². The average molecular weight is 370 g/mol. The van der Waals surface area contributed by atoms with Gasteiger partial charge in [-0.15, -0.1) is 10.2 Å². The van der Waals surface area contributed by atoms with Gasteiger partial charge in [0.1, 0.15) is 12.4 Å². The van der Waals surface area contributed by atoms with Crippen molar-refractivity contribution in [2.24, 2.45) is 0 Å². The van der Waals surface area contributed by atoms with Crippen LogP contribution in [0.5, 0.6) is 0 Å². The Bertz CT molecular complexity index is 1210. The molecule has 0 saturated carbocycles. The first-order valence-corrected chi connectivity index (χ1v) is 8.95. The van der Waals surface area contributed by atoms with Crippen LogP contribution in [0.2, 0.25) is 0 Å². The van der Waals surface area contributed by atoms with Crippen molar-refractivity contribution in [1.29, 1.82) is 0 Å². The summed E-state index contributed by atoms with van der Waals surface area (Å²) in [6.45, 7) is -0.0251. The van der Waals surface area contributed by atoms with Crippen molar-refractivity contribution in [3.05, 3.63) is 89.2 Å². The van der Waals surface area contributed by atoms with E-state index in [4.69, 9.17) is 0 Å². The van der Waals surface area contributed by atoms with Crippen LogP contribution in [0.3, 0.4) is 0 Å². The van der Waals surface area contributed by atoms with Gasteiger partial charge in [-0.1, -0.05) is 48.5 Å². The van der Waals surface area contributed by atoms with Crippen LogP contribution in [0.15, 0.2) is 66.7 Å². The van der Waals surface area contributed by atoms with Crippen molar-refractivity contribution in [1.82, 2.24) is 20.2 Å². The van der Waals surface area contributed by atoms with Gasteiger partial charge in [-0.2, -0.15) is 4.80 Å². The highest BCUT2D eigenvalue weighted by Crippen LogP contribution is 2.36. The van der Waals surface area contributed by atoms with Crippen molar-refractivity contribution in [3.63, 3.8) is 0 Å². The van der Waals surface area contributed by atoms with Crippen molar-refractivity contribution in [3.8, 4) is 22.5 Å². The van der Waals surface area contributed by atoms with E-state index in [2.05, 4.69) is 27.5 Å². The number of ketones is 1. The summed E-state index contributed by atoms with van der Waals surface area (Å²) in [6, 6.07) is 20.0. The van der Waals surface area contributed by atoms with E-state index >= 15 is 0 Å². The fraction of sp³-hybridized carbons (Fsp3) is 0.0909. The van der Waals surface area contributed by atoms with Crippen LogP contribution in [-0.2, 0) is 13.0 Å². The summed E-state index contributed by atoms with van der Waals surface area (Å²) in [4.78, 5) is 14.0. The third-order valence-corrected chi connectivity index (χ3v) is 4.94. The first-order chi connectivity index (χ1) is 13.7. The predicted octanol–water partition coefficient (Wildman–Crippen LogP) is 3.93. The van der Waals surface area contributed by atoms with Crippen LogP contribution in [0.1, 0.15) is 21.5 Å². The van der Waals surface area contributed by atoms with Crippen LogP contribution in [0.4, 0.5) is 4.39 Å². The second-order valence-electron chi connectivity index (χ2n) is 6.78. The third-order valence-electron chi connectivity index (χ3n) is 4.94. The number of hydrogen-bond donors (Lipinski definition) is 0. The fourth-order valence-corrected chi connectivity index (χ4v) is 3.57. The normalized spacial score (nSPS) is 11.9. The first kappa shape index (κ1) is 16.5. The molecule has 0 atom stereocenters. The Morgan fingerprint density at radius 3 is 2.71 bits per heavy atom. The number of rotatable bonds is 4. The maximum absolute atomic E-state index is 13.4. The minimum Gasteiger partial charge on any atom is -0.292 e. The molecule has 1 aromatic heterocycles. The Kier molecular flexibility index (Phi) is 3.83. The van der Waals surface area contributed by atoms with Gasteiger partial charge in [-0.3, -0.25) is 4.79 Å².